The van der Waals surface area contributed by atoms with Crippen molar-refractivity contribution in [3.8, 4) is 0 Å². The minimum atomic E-state index is -4.15. The van der Waals surface area contributed by atoms with Crippen LogP contribution in [0.25, 0.3) is 0 Å². The molecule has 3 N–H and O–H groups in total. The molecule has 0 aromatic heterocycles. The van der Waals surface area contributed by atoms with Gasteiger partial charge in [0.2, 0.25) is 5.96 Å². The van der Waals surface area contributed by atoms with Crippen LogP contribution in [0.1, 0.15) is 0 Å². The molecule has 0 fully saturated rings. The average molecular weight is 165 g/mol. The van der Waals surface area contributed by atoms with E-state index in [0.29, 0.717) is 13.1 Å². The van der Waals surface area contributed by atoms with Gasteiger partial charge in [-0.2, -0.15) is 8.42 Å². The van der Waals surface area contributed by atoms with Crippen LogP contribution in [0.4, 0.5) is 0 Å². The molecule has 0 saturated carbocycles. The first-order chi connectivity index (χ1) is 4.58. The van der Waals surface area contributed by atoms with E-state index in [2.05, 4.69) is 10.3 Å². The zero-order valence-corrected chi connectivity index (χ0v) is 5.85. The Kier molecular flexibility index (Phi) is 1.77. The normalized spacial score (nSPS) is 17.9. The summed E-state index contributed by atoms with van der Waals surface area (Å²) in [6.45, 7) is 1.12. The van der Waals surface area contributed by atoms with E-state index in [9.17, 15) is 8.42 Å². The third-order valence-electron chi connectivity index (χ3n) is 0.900. The zero-order chi connectivity index (χ0) is 7.61. The van der Waals surface area contributed by atoms with Crippen molar-refractivity contribution in [1.82, 2.24) is 10.0 Å². The first-order valence-corrected chi connectivity index (χ1v) is 4.05. The van der Waals surface area contributed by atoms with E-state index in [4.69, 9.17) is 4.55 Å². The number of nitrogens with zero attached hydrogens (tertiary/aromatic N) is 1. The van der Waals surface area contributed by atoms with Crippen molar-refractivity contribution in [3.05, 3.63) is 0 Å². The average Bonchev–Trinajstić information content (AvgIpc) is 2.12. The molecule has 0 spiro atoms. The highest BCUT2D eigenvalue weighted by Gasteiger charge is 2.10. The fourth-order valence-corrected chi connectivity index (χ4v) is 0.969. The second-order valence-electron chi connectivity index (χ2n) is 1.73. The lowest BCUT2D eigenvalue weighted by atomic mass is 10.7. The largest absolute Gasteiger partial charge is 0.359 e. The summed E-state index contributed by atoms with van der Waals surface area (Å²) in [5.74, 6) is 0.0995. The molecule has 0 unspecified atom stereocenters. The van der Waals surface area contributed by atoms with Crippen LogP contribution in [0.3, 0.4) is 0 Å². The summed E-state index contributed by atoms with van der Waals surface area (Å²) in [7, 11) is -4.15. The zero-order valence-electron chi connectivity index (χ0n) is 5.03. The van der Waals surface area contributed by atoms with E-state index < -0.39 is 10.3 Å². The maximum atomic E-state index is 10.1. The SMILES string of the molecule is O=S(=O)(O)NC1=NCCN1. The van der Waals surface area contributed by atoms with Gasteiger partial charge in [0.25, 0.3) is 0 Å². The second kappa shape index (κ2) is 2.43. The lowest BCUT2D eigenvalue weighted by molar-refractivity contribution is 0.478. The monoisotopic (exact) mass is 165 g/mol. The Bertz CT molecular complexity index is 244. The minimum absolute atomic E-state index is 0.0995. The van der Waals surface area contributed by atoms with Gasteiger partial charge in [-0.1, -0.05) is 0 Å². The number of guanidine groups is 1. The summed E-state index contributed by atoms with van der Waals surface area (Å²) >= 11 is 0. The molecule has 6 nitrogen and oxygen atoms in total. The summed E-state index contributed by atoms with van der Waals surface area (Å²) in [4.78, 5) is 3.68. The molecule has 0 radical (unpaired) electrons. The van der Waals surface area contributed by atoms with Crippen LogP contribution in [0.2, 0.25) is 0 Å². The van der Waals surface area contributed by atoms with E-state index in [-0.39, 0.29) is 5.96 Å². The number of rotatable bonds is 1. The molecule has 58 valence electrons. The molecule has 0 aliphatic carbocycles. The Morgan fingerprint density at radius 3 is 2.80 bits per heavy atom. The lowest BCUT2D eigenvalue weighted by Gasteiger charge is -2.00. The predicted molar refractivity (Wildman–Crippen MR) is 35.0 cm³/mol. The van der Waals surface area contributed by atoms with Crippen molar-refractivity contribution in [1.29, 1.82) is 0 Å². The maximum Gasteiger partial charge on any atom is 0.359 e. The molecule has 1 aliphatic rings. The van der Waals surface area contributed by atoms with E-state index in [0.717, 1.165) is 0 Å². The summed E-state index contributed by atoms with van der Waals surface area (Å²) in [5.41, 5.74) is 0. The maximum absolute atomic E-state index is 10.1. The summed E-state index contributed by atoms with van der Waals surface area (Å²) in [5, 5.41) is 2.61. The topological polar surface area (TPSA) is 90.8 Å². The molecule has 0 bridgehead atoms. The van der Waals surface area contributed by atoms with Crippen LogP contribution in [-0.2, 0) is 10.3 Å². The number of hydrogen-bond donors (Lipinski definition) is 3. The van der Waals surface area contributed by atoms with Gasteiger partial charge in [-0.25, -0.2) is 4.72 Å². The number of aliphatic imine (C=N–C) groups is 1. The highest BCUT2D eigenvalue weighted by Crippen LogP contribution is 1.82. The van der Waals surface area contributed by atoms with Crippen molar-refractivity contribution in [2.45, 2.75) is 0 Å². The molecule has 0 atom stereocenters. The quantitative estimate of drug-likeness (QED) is 0.405. The molecule has 0 amide bonds. The molecular formula is C3H7N3O3S. The van der Waals surface area contributed by atoms with Gasteiger partial charge >= 0.3 is 10.3 Å². The highest BCUT2D eigenvalue weighted by atomic mass is 32.2. The van der Waals surface area contributed by atoms with Crippen LogP contribution < -0.4 is 10.0 Å². The van der Waals surface area contributed by atoms with E-state index in [1.165, 1.54) is 0 Å². The van der Waals surface area contributed by atoms with Gasteiger partial charge in [0.15, 0.2) is 0 Å². The molecule has 7 heteroatoms. The van der Waals surface area contributed by atoms with Crippen LogP contribution in [0.15, 0.2) is 4.99 Å². The van der Waals surface area contributed by atoms with Crippen LogP contribution in [0.5, 0.6) is 0 Å². The Balaban J connectivity index is 2.54. The van der Waals surface area contributed by atoms with Gasteiger partial charge in [0.05, 0.1) is 6.54 Å². The van der Waals surface area contributed by atoms with Crippen LogP contribution >= 0.6 is 0 Å². The minimum Gasteiger partial charge on any atom is -0.354 e. The van der Waals surface area contributed by atoms with Gasteiger partial charge in [-0.15, -0.1) is 0 Å². The summed E-state index contributed by atoms with van der Waals surface area (Å²) < 4.78 is 30.2. The lowest BCUT2D eigenvalue weighted by Crippen LogP contribution is -2.37. The summed E-state index contributed by atoms with van der Waals surface area (Å²) in [6.07, 6.45) is 0. The Labute approximate surface area is 58.2 Å². The molecule has 1 heterocycles. The van der Waals surface area contributed by atoms with Crippen molar-refractivity contribution < 1.29 is 13.0 Å². The molecule has 0 aromatic rings. The highest BCUT2D eigenvalue weighted by molar-refractivity contribution is 7.84. The van der Waals surface area contributed by atoms with Gasteiger partial charge < -0.3 is 5.32 Å². The Morgan fingerprint density at radius 1 is 1.70 bits per heavy atom. The van der Waals surface area contributed by atoms with Crippen LogP contribution in [0, 0.1) is 0 Å². The third kappa shape index (κ3) is 2.19. The summed E-state index contributed by atoms with van der Waals surface area (Å²) in [6, 6.07) is 0. The van der Waals surface area contributed by atoms with Crippen molar-refractivity contribution >= 4 is 16.3 Å². The fourth-order valence-electron chi connectivity index (χ4n) is 0.588. The number of hydrogen-bond acceptors (Lipinski definition) is 4. The molecule has 10 heavy (non-hydrogen) atoms. The smallest absolute Gasteiger partial charge is 0.354 e. The first kappa shape index (κ1) is 7.29. The Morgan fingerprint density at radius 2 is 2.40 bits per heavy atom. The van der Waals surface area contributed by atoms with Gasteiger partial charge in [0, 0.05) is 6.54 Å². The standard InChI is InChI=1S/C3H7N3O3S/c7-10(8,9)6-3-4-1-2-5-3/h1-2H2,(H2,4,5,6)(H,7,8,9). The second-order valence-corrected chi connectivity index (χ2v) is 2.89. The van der Waals surface area contributed by atoms with Gasteiger partial charge in [0.1, 0.15) is 0 Å². The molecule has 0 aromatic carbocycles. The van der Waals surface area contributed by atoms with Crippen molar-refractivity contribution in [2.24, 2.45) is 4.99 Å². The van der Waals surface area contributed by atoms with E-state index >= 15 is 0 Å². The van der Waals surface area contributed by atoms with Gasteiger partial charge in [-0.05, 0) is 0 Å². The Hall–Kier alpha value is -0.820. The fraction of sp³-hybridized carbons (Fsp3) is 0.667. The third-order valence-corrected chi connectivity index (χ3v) is 1.35. The molecular weight excluding hydrogens is 158 g/mol. The van der Waals surface area contributed by atoms with Gasteiger partial charge in [-0.3, -0.25) is 9.55 Å². The van der Waals surface area contributed by atoms with E-state index in [1.807, 2.05) is 0 Å². The predicted octanol–water partition coefficient (Wildman–Crippen LogP) is -1.66. The van der Waals surface area contributed by atoms with Crippen molar-refractivity contribution in [2.75, 3.05) is 13.1 Å². The van der Waals surface area contributed by atoms with E-state index in [1.54, 1.807) is 4.72 Å². The first-order valence-electron chi connectivity index (χ1n) is 2.61. The molecule has 0 saturated heterocycles. The van der Waals surface area contributed by atoms with Crippen molar-refractivity contribution in [3.63, 3.8) is 0 Å². The number of nitrogens with one attached hydrogen (secondary N) is 2. The molecule has 1 aliphatic heterocycles. The molecule has 1 rings (SSSR count). The van der Waals surface area contributed by atoms with Crippen LogP contribution in [-0.4, -0.2) is 32.0 Å².